The van der Waals surface area contributed by atoms with E-state index in [1.165, 1.54) is 6.20 Å². The highest BCUT2D eigenvalue weighted by atomic mass is 35.5. The summed E-state index contributed by atoms with van der Waals surface area (Å²) in [4.78, 5) is 7.87. The Morgan fingerprint density at radius 2 is 2.15 bits per heavy atom. The number of rotatable bonds is 4. The lowest BCUT2D eigenvalue weighted by molar-refractivity contribution is -0.119. The number of aromatic nitrogens is 2. The highest BCUT2D eigenvalue weighted by Gasteiger charge is 2.04. The molecule has 1 rings (SSSR count). The Morgan fingerprint density at radius 1 is 1.46 bits per heavy atom. The van der Waals surface area contributed by atoms with Crippen LogP contribution >= 0.6 is 11.6 Å². The summed E-state index contributed by atoms with van der Waals surface area (Å²) in [5, 5.41) is 0.366. The second kappa shape index (κ2) is 5.11. The largest absolute Gasteiger partial charge is 0.356 e. The van der Waals surface area contributed by atoms with Gasteiger partial charge in [-0.2, -0.15) is 0 Å². The standard InChI is InChI=1S/C8H11ClN2O2/c1-6(12-2)13-5-7-8(9)11-4-3-10-7/h3-4,6H,5H2,1-2H3. The van der Waals surface area contributed by atoms with E-state index in [-0.39, 0.29) is 6.29 Å². The first-order valence-corrected chi connectivity index (χ1v) is 4.21. The molecule has 4 nitrogen and oxygen atoms in total. The van der Waals surface area contributed by atoms with Crippen LogP contribution in [0.5, 0.6) is 0 Å². The fourth-order valence-electron chi connectivity index (χ4n) is 0.711. The first kappa shape index (κ1) is 10.4. The van der Waals surface area contributed by atoms with Gasteiger partial charge in [0.25, 0.3) is 0 Å². The molecule has 0 aliphatic rings. The third kappa shape index (κ3) is 3.26. The number of halogens is 1. The molecule has 1 aromatic heterocycles. The molecule has 0 fully saturated rings. The van der Waals surface area contributed by atoms with E-state index in [0.29, 0.717) is 17.5 Å². The molecule has 0 spiro atoms. The van der Waals surface area contributed by atoms with Gasteiger partial charge in [-0.15, -0.1) is 0 Å². The summed E-state index contributed by atoms with van der Waals surface area (Å²) in [6.45, 7) is 2.10. The normalized spacial score (nSPS) is 12.8. The second-order valence-corrected chi connectivity index (χ2v) is 2.77. The molecule has 0 saturated carbocycles. The number of ether oxygens (including phenoxy) is 2. The zero-order chi connectivity index (χ0) is 9.68. The zero-order valence-corrected chi connectivity index (χ0v) is 8.28. The van der Waals surface area contributed by atoms with Crippen LogP contribution in [0.1, 0.15) is 12.6 Å². The molecular formula is C8H11ClN2O2. The van der Waals surface area contributed by atoms with Crippen molar-refractivity contribution in [3.8, 4) is 0 Å². The molecule has 5 heteroatoms. The zero-order valence-electron chi connectivity index (χ0n) is 7.53. The molecule has 1 aromatic rings. The predicted octanol–water partition coefficient (Wildman–Crippen LogP) is 1.64. The molecular weight excluding hydrogens is 192 g/mol. The Hall–Kier alpha value is -0.710. The third-order valence-corrected chi connectivity index (χ3v) is 1.83. The van der Waals surface area contributed by atoms with E-state index in [9.17, 15) is 0 Å². The van der Waals surface area contributed by atoms with Gasteiger partial charge < -0.3 is 9.47 Å². The molecule has 72 valence electrons. The van der Waals surface area contributed by atoms with Gasteiger partial charge in [0.05, 0.1) is 6.61 Å². The van der Waals surface area contributed by atoms with Crippen molar-refractivity contribution in [1.82, 2.24) is 9.97 Å². The van der Waals surface area contributed by atoms with Crippen molar-refractivity contribution >= 4 is 11.6 Å². The van der Waals surface area contributed by atoms with Crippen LogP contribution in [0, 0.1) is 0 Å². The van der Waals surface area contributed by atoms with Gasteiger partial charge in [0, 0.05) is 19.5 Å². The summed E-state index contributed by atoms with van der Waals surface area (Å²) >= 11 is 5.76. The lowest BCUT2D eigenvalue weighted by Crippen LogP contribution is -2.10. The lowest BCUT2D eigenvalue weighted by Gasteiger charge is -2.10. The van der Waals surface area contributed by atoms with Crippen LogP contribution in [0.25, 0.3) is 0 Å². The molecule has 0 N–H and O–H groups in total. The van der Waals surface area contributed by atoms with E-state index in [4.69, 9.17) is 21.1 Å². The summed E-state index contributed by atoms with van der Waals surface area (Å²) < 4.78 is 10.1. The summed E-state index contributed by atoms with van der Waals surface area (Å²) in [6.07, 6.45) is 2.84. The minimum atomic E-state index is -0.266. The number of nitrogens with zero attached hydrogens (tertiary/aromatic N) is 2. The molecule has 0 amide bonds. The fourth-order valence-corrected chi connectivity index (χ4v) is 0.871. The average Bonchev–Trinajstić information content (AvgIpc) is 2.16. The summed E-state index contributed by atoms with van der Waals surface area (Å²) in [5.74, 6) is 0. The highest BCUT2D eigenvalue weighted by Crippen LogP contribution is 2.10. The van der Waals surface area contributed by atoms with Gasteiger partial charge in [0.15, 0.2) is 11.4 Å². The van der Waals surface area contributed by atoms with Gasteiger partial charge in [-0.05, 0) is 6.92 Å². The van der Waals surface area contributed by atoms with Crippen molar-refractivity contribution in [3.05, 3.63) is 23.2 Å². The van der Waals surface area contributed by atoms with E-state index in [2.05, 4.69) is 9.97 Å². The van der Waals surface area contributed by atoms with Gasteiger partial charge in [0.1, 0.15) is 5.69 Å². The topological polar surface area (TPSA) is 44.2 Å². The van der Waals surface area contributed by atoms with Gasteiger partial charge >= 0.3 is 0 Å². The molecule has 0 bridgehead atoms. The monoisotopic (exact) mass is 202 g/mol. The SMILES string of the molecule is COC(C)OCc1nccnc1Cl. The van der Waals surface area contributed by atoms with E-state index >= 15 is 0 Å². The number of methoxy groups -OCH3 is 1. The van der Waals surface area contributed by atoms with Crippen LogP contribution in [0.2, 0.25) is 5.15 Å². The van der Waals surface area contributed by atoms with Gasteiger partial charge in [-0.25, -0.2) is 4.98 Å². The maximum Gasteiger partial charge on any atom is 0.154 e. The van der Waals surface area contributed by atoms with Crippen molar-refractivity contribution in [1.29, 1.82) is 0 Å². The predicted molar refractivity (Wildman–Crippen MR) is 48.3 cm³/mol. The Kier molecular flexibility index (Phi) is 4.08. The first-order chi connectivity index (χ1) is 6.24. The molecule has 13 heavy (non-hydrogen) atoms. The quantitative estimate of drug-likeness (QED) is 0.697. The van der Waals surface area contributed by atoms with Crippen molar-refractivity contribution < 1.29 is 9.47 Å². The Morgan fingerprint density at radius 3 is 2.77 bits per heavy atom. The highest BCUT2D eigenvalue weighted by molar-refractivity contribution is 6.29. The molecule has 0 aliphatic carbocycles. The van der Waals surface area contributed by atoms with Crippen LogP contribution in [0.15, 0.2) is 12.4 Å². The fraction of sp³-hybridized carbons (Fsp3) is 0.500. The van der Waals surface area contributed by atoms with Crippen LogP contribution in [0.3, 0.4) is 0 Å². The molecule has 0 saturated heterocycles. The van der Waals surface area contributed by atoms with Crippen LogP contribution in [-0.2, 0) is 16.1 Å². The minimum Gasteiger partial charge on any atom is -0.356 e. The number of hydrogen-bond donors (Lipinski definition) is 0. The second-order valence-electron chi connectivity index (χ2n) is 2.41. The maximum absolute atomic E-state index is 5.76. The van der Waals surface area contributed by atoms with Crippen molar-refractivity contribution in [3.63, 3.8) is 0 Å². The lowest BCUT2D eigenvalue weighted by atomic mass is 10.5. The summed E-state index contributed by atoms with van der Waals surface area (Å²) in [6, 6.07) is 0. The minimum absolute atomic E-state index is 0.266. The van der Waals surface area contributed by atoms with E-state index < -0.39 is 0 Å². The molecule has 0 aliphatic heterocycles. The van der Waals surface area contributed by atoms with E-state index in [1.807, 2.05) is 0 Å². The summed E-state index contributed by atoms with van der Waals surface area (Å²) in [5.41, 5.74) is 0.619. The molecule has 0 radical (unpaired) electrons. The average molecular weight is 203 g/mol. The van der Waals surface area contributed by atoms with Gasteiger partial charge in [0.2, 0.25) is 0 Å². The van der Waals surface area contributed by atoms with Gasteiger partial charge in [-0.1, -0.05) is 11.6 Å². The number of hydrogen-bond acceptors (Lipinski definition) is 4. The smallest absolute Gasteiger partial charge is 0.154 e. The van der Waals surface area contributed by atoms with Crippen molar-refractivity contribution in [2.75, 3.05) is 7.11 Å². The summed E-state index contributed by atoms with van der Waals surface area (Å²) in [7, 11) is 1.57. The maximum atomic E-state index is 5.76. The van der Waals surface area contributed by atoms with E-state index in [1.54, 1.807) is 20.2 Å². The van der Waals surface area contributed by atoms with E-state index in [0.717, 1.165) is 0 Å². The Labute approximate surface area is 81.9 Å². The molecule has 1 heterocycles. The molecule has 0 aromatic carbocycles. The molecule has 1 unspecified atom stereocenters. The van der Waals surface area contributed by atoms with Crippen LogP contribution in [-0.4, -0.2) is 23.4 Å². The Bertz CT molecular complexity index is 270. The van der Waals surface area contributed by atoms with Crippen LogP contribution < -0.4 is 0 Å². The first-order valence-electron chi connectivity index (χ1n) is 3.84. The molecule has 1 atom stereocenters. The third-order valence-electron chi connectivity index (χ3n) is 1.51. The Balaban J connectivity index is 2.50. The van der Waals surface area contributed by atoms with Crippen molar-refractivity contribution in [2.45, 2.75) is 19.8 Å². The van der Waals surface area contributed by atoms with Gasteiger partial charge in [-0.3, -0.25) is 4.98 Å². The van der Waals surface area contributed by atoms with Crippen molar-refractivity contribution in [2.24, 2.45) is 0 Å². The van der Waals surface area contributed by atoms with Crippen LogP contribution in [0.4, 0.5) is 0 Å².